The topological polar surface area (TPSA) is 26.0 Å². The number of fused-ring (bicyclic) bond motifs is 1. The lowest BCUT2D eigenvalue weighted by molar-refractivity contribution is 0.585. The second kappa shape index (κ2) is 4.18. The Balaban J connectivity index is 2.08. The highest BCUT2D eigenvalue weighted by molar-refractivity contribution is 5.66. The lowest BCUT2D eigenvalue weighted by atomic mass is 9.99. The molecule has 0 amide bonds. The van der Waals surface area contributed by atoms with E-state index in [1.807, 2.05) is 18.2 Å². The molecule has 3 rings (SSSR count). The van der Waals surface area contributed by atoms with E-state index in [-0.39, 0.29) is 6.04 Å². The molecule has 2 aromatic carbocycles. The molecule has 1 unspecified atom stereocenters. The third-order valence-electron chi connectivity index (χ3n) is 3.51. The molecule has 0 radical (unpaired) electrons. The molecule has 92 valence electrons. The van der Waals surface area contributed by atoms with Crippen LogP contribution in [0.5, 0.6) is 0 Å². The second-order valence-corrected chi connectivity index (χ2v) is 4.68. The molecule has 0 aromatic heterocycles. The Hall–Kier alpha value is -1.74. The van der Waals surface area contributed by atoms with Crippen LogP contribution >= 0.6 is 0 Å². The smallest absolute Gasteiger partial charge is 0.133 e. The standard InChI is InChI=1S/C15H13F2N/c16-11-3-5-12(14(17)8-11)9-1-4-13-10(7-9)2-6-15(13)18/h1,3-5,7-8,15H,2,6,18H2. The normalized spacial score (nSPS) is 17.8. The van der Waals surface area contributed by atoms with Gasteiger partial charge in [0.1, 0.15) is 11.6 Å². The van der Waals surface area contributed by atoms with E-state index in [4.69, 9.17) is 5.73 Å². The van der Waals surface area contributed by atoms with Crippen molar-refractivity contribution < 1.29 is 8.78 Å². The summed E-state index contributed by atoms with van der Waals surface area (Å²) >= 11 is 0. The van der Waals surface area contributed by atoms with Gasteiger partial charge >= 0.3 is 0 Å². The number of nitrogens with two attached hydrogens (primary N) is 1. The van der Waals surface area contributed by atoms with E-state index in [1.165, 1.54) is 17.7 Å². The Morgan fingerprint density at radius 3 is 2.67 bits per heavy atom. The Labute approximate surface area is 104 Å². The van der Waals surface area contributed by atoms with Crippen molar-refractivity contribution >= 4 is 0 Å². The van der Waals surface area contributed by atoms with Crippen LogP contribution in [-0.4, -0.2) is 0 Å². The molecule has 1 atom stereocenters. The summed E-state index contributed by atoms with van der Waals surface area (Å²) in [5.74, 6) is -1.09. The van der Waals surface area contributed by atoms with Gasteiger partial charge < -0.3 is 5.73 Å². The first-order valence-corrected chi connectivity index (χ1v) is 5.99. The SMILES string of the molecule is NC1CCc2cc(-c3ccc(F)cc3F)ccc21. The van der Waals surface area contributed by atoms with Crippen LogP contribution in [0.3, 0.4) is 0 Å². The van der Waals surface area contributed by atoms with E-state index < -0.39 is 11.6 Å². The largest absolute Gasteiger partial charge is 0.324 e. The van der Waals surface area contributed by atoms with Crippen LogP contribution in [0, 0.1) is 11.6 Å². The van der Waals surface area contributed by atoms with Gasteiger partial charge in [0.15, 0.2) is 0 Å². The molecule has 0 fully saturated rings. The maximum Gasteiger partial charge on any atom is 0.133 e. The number of benzene rings is 2. The third-order valence-corrected chi connectivity index (χ3v) is 3.51. The van der Waals surface area contributed by atoms with Crippen molar-refractivity contribution in [1.29, 1.82) is 0 Å². The average molecular weight is 245 g/mol. The summed E-state index contributed by atoms with van der Waals surface area (Å²) < 4.78 is 26.6. The molecule has 0 spiro atoms. The molecule has 0 aliphatic heterocycles. The van der Waals surface area contributed by atoms with Gasteiger partial charge in [-0.05, 0) is 41.7 Å². The van der Waals surface area contributed by atoms with Crippen LogP contribution in [0.15, 0.2) is 36.4 Å². The van der Waals surface area contributed by atoms with Crippen molar-refractivity contribution in [2.45, 2.75) is 18.9 Å². The van der Waals surface area contributed by atoms with Gasteiger partial charge in [-0.25, -0.2) is 8.78 Å². The van der Waals surface area contributed by atoms with Crippen molar-refractivity contribution in [2.24, 2.45) is 5.73 Å². The molecule has 2 N–H and O–H groups in total. The maximum absolute atomic E-state index is 13.7. The highest BCUT2D eigenvalue weighted by Crippen LogP contribution is 2.33. The monoisotopic (exact) mass is 245 g/mol. The fraction of sp³-hybridized carbons (Fsp3) is 0.200. The van der Waals surface area contributed by atoms with E-state index >= 15 is 0 Å². The van der Waals surface area contributed by atoms with Gasteiger partial charge in [-0.15, -0.1) is 0 Å². The maximum atomic E-state index is 13.7. The first-order chi connectivity index (χ1) is 8.65. The zero-order valence-electron chi connectivity index (χ0n) is 9.79. The molecular weight excluding hydrogens is 232 g/mol. The summed E-state index contributed by atoms with van der Waals surface area (Å²) in [7, 11) is 0. The molecule has 0 saturated heterocycles. The van der Waals surface area contributed by atoms with E-state index in [9.17, 15) is 8.78 Å². The summed E-state index contributed by atoms with van der Waals surface area (Å²) in [6.07, 6.45) is 1.86. The Bertz CT molecular complexity index is 607. The van der Waals surface area contributed by atoms with Crippen LogP contribution in [0.1, 0.15) is 23.6 Å². The number of hydrogen-bond acceptors (Lipinski definition) is 1. The van der Waals surface area contributed by atoms with Crippen molar-refractivity contribution in [3.63, 3.8) is 0 Å². The molecule has 0 heterocycles. The lowest BCUT2D eigenvalue weighted by Gasteiger charge is -2.08. The van der Waals surface area contributed by atoms with Gasteiger partial charge in [-0.1, -0.05) is 18.2 Å². The fourth-order valence-corrected chi connectivity index (χ4v) is 2.54. The zero-order valence-corrected chi connectivity index (χ0v) is 9.79. The molecule has 3 heteroatoms. The van der Waals surface area contributed by atoms with Crippen molar-refractivity contribution in [3.8, 4) is 11.1 Å². The van der Waals surface area contributed by atoms with Crippen LogP contribution < -0.4 is 5.73 Å². The molecule has 18 heavy (non-hydrogen) atoms. The highest BCUT2D eigenvalue weighted by atomic mass is 19.1. The van der Waals surface area contributed by atoms with Crippen LogP contribution in [0.4, 0.5) is 8.78 Å². The Kier molecular flexibility index (Phi) is 2.63. The minimum Gasteiger partial charge on any atom is -0.324 e. The number of rotatable bonds is 1. The molecular formula is C15H13F2N. The zero-order chi connectivity index (χ0) is 12.7. The Morgan fingerprint density at radius 2 is 1.89 bits per heavy atom. The molecule has 1 aliphatic carbocycles. The molecule has 1 aliphatic rings. The average Bonchev–Trinajstić information content (AvgIpc) is 2.71. The van der Waals surface area contributed by atoms with E-state index in [1.54, 1.807) is 0 Å². The molecule has 2 aromatic rings. The van der Waals surface area contributed by atoms with Gasteiger partial charge in [0.05, 0.1) is 0 Å². The van der Waals surface area contributed by atoms with Crippen LogP contribution in [0.25, 0.3) is 11.1 Å². The number of hydrogen-bond donors (Lipinski definition) is 1. The fourth-order valence-electron chi connectivity index (χ4n) is 2.54. The molecule has 0 saturated carbocycles. The minimum atomic E-state index is -0.556. The van der Waals surface area contributed by atoms with Gasteiger partial charge in [0.2, 0.25) is 0 Å². The predicted octanol–water partition coefficient (Wildman–Crippen LogP) is 3.58. The summed E-state index contributed by atoms with van der Waals surface area (Å²) in [6, 6.07) is 9.50. The van der Waals surface area contributed by atoms with Crippen LogP contribution in [0.2, 0.25) is 0 Å². The number of halogens is 2. The van der Waals surface area contributed by atoms with Gasteiger partial charge in [0.25, 0.3) is 0 Å². The van der Waals surface area contributed by atoms with Crippen molar-refractivity contribution in [2.75, 3.05) is 0 Å². The van der Waals surface area contributed by atoms with Crippen molar-refractivity contribution in [1.82, 2.24) is 0 Å². The second-order valence-electron chi connectivity index (χ2n) is 4.68. The number of aryl methyl sites for hydroxylation is 1. The first-order valence-electron chi connectivity index (χ1n) is 5.99. The summed E-state index contributed by atoms with van der Waals surface area (Å²) in [6.45, 7) is 0. The summed E-state index contributed by atoms with van der Waals surface area (Å²) in [5, 5.41) is 0. The third kappa shape index (κ3) is 1.81. The molecule has 1 nitrogen and oxygen atoms in total. The van der Waals surface area contributed by atoms with Crippen molar-refractivity contribution in [3.05, 3.63) is 59.2 Å². The van der Waals surface area contributed by atoms with E-state index in [0.29, 0.717) is 5.56 Å². The highest BCUT2D eigenvalue weighted by Gasteiger charge is 2.19. The summed E-state index contributed by atoms with van der Waals surface area (Å²) in [4.78, 5) is 0. The van der Waals surface area contributed by atoms with Crippen LogP contribution in [-0.2, 0) is 6.42 Å². The quantitative estimate of drug-likeness (QED) is 0.816. The van der Waals surface area contributed by atoms with Gasteiger partial charge in [-0.3, -0.25) is 0 Å². The minimum absolute atomic E-state index is 0.0899. The Morgan fingerprint density at radius 1 is 1.06 bits per heavy atom. The van der Waals surface area contributed by atoms with Gasteiger partial charge in [-0.2, -0.15) is 0 Å². The van der Waals surface area contributed by atoms with E-state index in [0.717, 1.165) is 30.0 Å². The lowest BCUT2D eigenvalue weighted by Crippen LogP contribution is -2.04. The molecule has 0 bridgehead atoms. The summed E-state index contributed by atoms with van der Waals surface area (Å²) in [5.41, 5.74) is 9.48. The van der Waals surface area contributed by atoms with Gasteiger partial charge in [0, 0.05) is 17.7 Å². The first kappa shape index (κ1) is 11.4. The predicted molar refractivity (Wildman–Crippen MR) is 67.0 cm³/mol. The van der Waals surface area contributed by atoms with E-state index in [2.05, 4.69) is 0 Å².